The maximum atomic E-state index is 13.9. The Morgan fingerprint density at radius 1 is 1.38 bits per heavy atom. The molecule has 21 heavy (non-hydrogen) atoms. The highest BCUT2D eigenvalue weighted by Gasteiger charge is 2.31. The number of hydrogen-bond acceptors (Lipinski definition) is 3. The number of ether oxygens (including phenoxy) is 1. The molecule has 0 aromatic heterocycles. The molecule has 2 rings (SSSR count). The van der Waals surface area contributed by atoms with E-state index in [4.69, 9.17) is 11.6 Å². The Morgan fingerprint density at radius 2 is 2.05 bits per heavy atom. The number of amides is 1. The molecule has 0 heterocycles. The van der Waals surface area contributed by atoms with E-state index in [1.54, 1.807) is 0 Å². The molecule has 114 valence electrons. The zero-order valence-electron chi connectivity index (χ0n) is 11.8. The minimum absolute atomic E-state index is 0.0489. The van der Waals surface area contributed by atoms with Crippen LogP contribution in [0.5, 0.6) is 0 Å². The van der Waals surface area contributed by atoms with Gasteiger partial charge in [0.15, 0.2) is 0 Å². The first-order valence-corrected chi connectivity index (χ1v) is 7.24. The van der Waals surface area contributed by atoms with Crippen LogP contribution in [0.2, 0.25) is 5.02 Å². The van der Waals surface area contributed by atoms with E-state index >= 15 is 0 Å². The second-order valence-corrected chi connectivity index (χ2v) is 5.45. The molecule has 4 nitrogen and oxygen atoms in total. The highest BCUT2D eigenvalue weighted by Crippen LogP contribution is 2.27. The SMILES string of the molecule is COC(=O)CN(C(=O)c1c(F)cccc1Cl)C1CCCC1. The number of benzene rings is 1. The molecular weight excluding hydrogens is 297 g/mol. The van der Waals surface area contributed by atoms with Gasteiger partial charge in [-0.25, -0.2) is 4.39 Å². The normalized spacial score (nSPS) is 15.0. The van der Waals surface area contributed by atoms with Crippen molar-refractivity contribution in [3.05, 3.63) is 34.6 Å². The highest BCUT2D eigenvalue weighted by atomic mass is 35.5. The lowest BCUT2D eigenvalue weighted by Gasteiger charge is -2.28. The highest BCUT2D eigenvalue weighted by molar-refractivity contribution is 6.33. The van der Waals surface area contributed by atoms with Crippen LogP contribution in [-0.4, -0.2) is 36.5 Å². The summed E-state index contributed by atoms with van der Waals surface area (Å²) < 4.78 is 18.5. The van der Waals surface area contributed by atoms with E-state index in [1.807, 2.05) is 0 Å². The lowest BCUT2D eigenvalue weighted by Crippen LogP contribution is -2.43. The molecule has 0 aliphatic heterocycles. The molecule has 0 spiro atoms. The van der Waals surface area contributed by atoms with Crippen molar-refractivity contribution in [1.82, 2.24) is 4.90 Å². The smallest absolute Gasteiger partial charge is 0.325 e. The van der Waals surface area contributed by atoms with Gasteiger partial charge in [-0.3, -0.25) is 9.59 Å². The van der Waals surface area contributed by atoms with Gasteiger partial charge < -0.3 is 9.64 Å². The monoisotopic (exact) mass is 313 g/mol. The number of carbonyl (C=O) groups is 2. The van der Waals surface area contributed by atoms with Gasteiger partial charge in [-0.05, 0) is 25.0 Å². The van der Waals surface area contributed by atoms with E-state index in [0.717, 1.165) is 25.7 Å². The van der Waals surface area contributed by atoms with E-state index < -0.39 is 17.7 Å². The number of halogens is 2. The third-order valence-corrected chi connectivity index (χ3v) is 4.05. The molecule has 1 saturated carbocycles. The van der Waals surface area contributed by atoms with Crippen LogP contribution in [0.25, 0.3) is 0 Å². The Kier molecular flexibility index (Phi) is 5.17. The van der Waals surface area contributed by atoms with Crippen molar-refractivity contribution in [3.8, 4) is 0 Å². The van der Waals surface area contributed by atoms with Crippen molar-refractivity contribution in [1.29, 1.82) is 0 Å². The molecule has 0 N–H and O–H groups in total. The Bertz CT molecular complexity index is 523. The van der Waals surface area contributed by atoms with E-state index in [0.29, 0.717) is 0 Å². The van der Waals surface area contributed by atoms with Crippen LogP contribution in [0.4, 0.5) is 4.39 Å². The van der Waals surface area contributed by atoms with E-state index in [9.17, 15) is 14.0 Å². The third-order valence-electron chi connectivity index (χ3n) is 3.73. The Morgan fingerprint density at radius 3 is 2.62 bits per heavy atom. The van der Waals surface area contributed by atoms with Gasteiger partial charge in [0.05, 0.1) is 17.7 Å². The first-order valence-electron chi connectivity index (χ1n) is 6.86. The standard InChI is InChI=1S/C15H17ClFNO3/c1-21-13(19)9-18(10-5-2-3-6-10)15(20)14-11(16)7-4-8-12(14)17/h4,7-8,10H,2-3,5-6,9H2,1H3. The number of nitrogens with zero attached hydrogens (tertiary/aromatic N) is 1. The summed E-state index contributed by atoms with van der Waals surface area (Å²) in [5.74, 6) is -1.77. The fourth-order valence-electron chi connectivity index (χ4n) is 2.63. The number of methoxy groups -OCH3 is 1. The van der Waals surface area contributed by atoms with Crippen LogP contribution in [0.15, 0.2) is 18.2 Å². The number of rotatable bonds is 4. The zero-order valence-corrected chi connectivity index (χ0v) is 12.5. The average molecular weight is 314 g/mol. The van der Waals surface area contributed by atoms with Crippen molar-refractivity contribution >= 4 is 23.5 Å². The van der Waals surface area contributed by atoms with Gasteiger partial charge in [0, 0.05) is 6.04 Å². The second kappa shape index (κ2) is 6.89. The molecule has 1 aliphatic carbocycles. The summed E-state index contributed by atoms with van der Waals surface area (Å²) >= 11 is 5.94. The minimum Gasteiger partial charge on any atom is -0.468 e. The van der Waals surface area contributed by atoms with Crippen molar-refractivity contribution in [3.63, 3.8) is 0 Å². The molecule has 1 amide bonds. The van der Waals surface area contributed by atoms with E-state index in [-0.39, 0.29) is 23.2 Å². The van der Waals surface area contributed by atoms with Gasteiger partial charge >= 0.3 is 5.97 Å². The number of hydrogen-bond donors (Lipinski definition) is 0. The quantitative estimate of drug-likeness (QED) is 0.803. The van der Waals surface area contributed by atoms with E-state index in [2.05, 4.69) is 4.74 Å². The molecule has 0 bridgehead atoms. The van der Waals surface area contributed by atoms with Crippen molar-refractivity contribution < 1.29 is 18.7 Å². The second-order valence-electron chi connectivity index (χ2n) is 5.04. The molecule has 1 aromatic carbocycles. The van der Waals surface area contributed by atoms with Crippen LogP contribution < -0.4 is 0 Å². The Balaban J connectivity index is 2.30. The topological polar surface area (TPSA) is 46.6 Å². The van der Waals surface area contributed by atoms with Gasteiger partial charge in [-0.15, -0.1) is 0 Å². The van der Waals surface area contributed by atoms with Gasteiger partial charge in [-0.2, -0.15) is 0 Å². The summed E-state index contributed by atoms with van der Waals surface area (Å²) in [5, 5.41) is 0.0489. The molecule has 0 unspecified atom stereocenters. The first-order chi connectivity index (χ1) is 10.0. The van der Waals surface area contributed by atoms with Crippen molar-refractivity contribution in [2.75, 3.05) is 13.7 Å². The molecule has 0 atom stereocenters. The number of esters is 1. The molecule has 1 aliphatic rings. The van der Waals surface area contributed by atoms with Crippen LogP contribution in [0.3, 0.4) is 0 Å². The third kappa shape index (κ3) is 3.53. The Hall–Kier alpha value is -1.62. The van der Waals surface area contributed by atoms with Crippen LogP contribution in [0, 0.1) is 5.82 Å². The first kappa shape index (κ1) is 15.8. The van der Waals surface area contributed by atoms with Crippen molar-refractivity contribution in [2.45, 2.75) is 31.7 Å². The Labute approximate surface area is 127 Å². The fourth-order valence-corrected chi connectivity index (χ4v) is 2.88. The largest absolute Gasteiger partial charge is 0.468 e. The van der Waals surface area contributed by atoms with Crippen LogP contribution in [0.1, 0.15) is 36.0 Å². The minimum atomic E-state index is -0.680. The zero-order chi connectivity index (χ0) is 15.4. The number of carbonyl (C=O) groups excluding carboxylic acids is 2. The molecule has 0 saturated heterocycles. The van der Waals surface area contributed by atoms with Gasteiger partial charge in [0.2, 0.25) is 0 Å². The van der Waals surface area contributed by atoms with Crippen LogP contribution >= 0.6 is 11.6 Å². The maximum Gasteiger partial charge on any atom is 0.325 e. The summed E-state index contributed by atoms with van der Waals surface area (Å²) in [6.45, 7) is -0.190. The van der Waals surface area contributed by atoms with Gasteiger partial charge in [0.1, 0.15) is 12.4 Å². The van der Waals surface area contributed by atoms with Gasteiger partial charge in [0.25, 0.3) is 5.91 Å². The lowest BCUT2D eigenvalue weighted by atomic mass is 10.1. The average Bonchev–Trinajstić information content (AvgIpc) is 2.97. The van der Waals surface area contributed by atoms with Crippen molar-refractivity contribution in [2.24, 2.45) is 0 Å². The maximum absolute atomic E-state index is 13.9. The molecular formula is C15H17ClFNO3. The summed E-state index contributed by atoms with van der Waals surface area (Å²) in [6, 6.07) is 4.01. The molecule has 0 radical (unpaired) electrons. The lowest BCUT2D eigenvalue weighted by molar-refractivity contribution is -0.141. The molecule has 1 aromatic rings. The summed E-state index contributed by atoms with van der Waals surface area (Å²) in [7, 11) is 1.26. The van der Waals surface area contributed by atoms with Gasteiger partial charge in [-0.1, -0.05) is 30.5 Å². The summed E-state index contributed by atoms with van der Waals surface area (Å²) in [4.78, 5) is 25.5. The molecule has 1 fully saturated rings. The summed E-state index contributed by atoms with van der Waals surface area (Å²) in [5.41, 5.74) is -0.185. The van der Waals surface area contributed by atoms with E-state index in [1.165, 1.54) is 30.2 Å². The van der Waals surface area contributed by atoms with Crippen LogP contribution in [-0.2, 0) is 9.53 Å². The molecule has 6 heteroatoms. The fraction of sp³-hybridized carbons (Fsp3) is 0.467. The summed E-state index contributed by atoms with van der Waals surface area (Å²) in [6.07, 6.45) is 3.57. The predicted molar refractivity (Wildman–Crippen MR) is 76.7 cm³/mol. The predicted octanol–water partition coefficient (Wildman–Crippen LogP) is 3.04.